The smallest absolute Gasteiger partial charge is 0.251 e. The highest BCUT2D eigenvalue weighted by Crippen LogP contribution is 2.17. The van der Waals surface area contributed by atoms with Crippen molar-refractivity contribution < 1.29 is 16.8 Å². The Balaban J connectivity index is 1.73. The molecule has 1 aliphatic rings. The molecule has 1 aromatic heterocycles. The summed E-state index contributed by atoms with van der Waals surface area (Å²) in [5.41, 5.74) is 0. The van der Waals surface area contributed by atoms with Gasteiger partial charge >= 0.3 is 0 Å². The van der Waals surface area contributed by atoms with Gasteiger partial charge in [-0.3, -0.25) is 4.72 Å². The first-order valence-corrected chi connectivity index (χ1v) is 10.2. The second kappa shape index (κ2) is 6.69. The van der Waals surface area contributed by atoms with Crippen LogP contribution < -0.4 is 9.44 Å². The Bertz CT molecular complexity index is 1010. The minimum absolute atomic E-state index is 0.0426. The van der Waals surface area contributed by atoms with Crippen molar-refractivity contribution in [3.05, 3.63) is 54.6 Å². The molecule has 11 heteroatoms. The highest BCUT2D eigenvalue weighted by atomic mass is 32.2. The number of allylic oxidation sites excluding steroid dienone is 3. The van der Waals surface area contributed by atoms with E-state index in [1.807, 2.05) is 0 Å². The van der Waals surface area contributed by atoms with Gasteiger partial charge in [0, 0.05) is 0 Å². The summed E-state index contributed by atoms with van der Waals surface area (Å²) < 4.78 is 53.3. The highest BCUT2D eigenvalue weighted by Gasteiger charge is 2.24. The van der Waals surface area contributed by atoms with Crippen LogP contribution in [-0.2, 0) is 20.0 Å². The second-order valence-electron chi connectivity index (χ2n) is 5.16. The van der Waals surface area contributed by atoms with Crippen molar-refractivity contribution in [2.75, 3.05) is 9.44 Å². The van der Waals surface area contributed by atoms with Gasteiger partial charge in [0.15, 0.2) is 0 Å². The first-order valence-electron chi connectivity index (χ1n) is 7.22. The average Bonchev–Trinajstić information content (AvgIpc) is 3.02. The van der Waals surface area contributed by atoms with Gasteiger partial charge in [-0.1, -0.05) is 42.5 Å². The zero-order chi connectivity index (χ0) is 17.9. The molecule has 25 heavy (non-hydrogen) atoms. The number of rotatable bonds is 6. The van der Waals surface area contributed by atoms with E-state index >= 15 is 0 Å². The molecule has 0 amide bonds. The van der Waals surface area contributed by atoms with Crippen molar-refractivity contribution in [1.29, 1.82) is 0 Å². The number of aromatic amines is 1. The lowest BCUT2D eigenvalue weighted by molar-refractivity contribution is 0.592. The van der Waals surface area contributed by atoms with Crippen LogP contribution in [0.25, 0.3) is 0 Å². The topological polar surface area (TPSA) is 134 Å². The highest BCUT2D eigenvalue weighted by molar-refractivity contribution is 7.93. The number of nitrogens with one attached hydrogen (secondary N) is 3. The van der Waals surface area contributed by atoms with Crippen molar-refractivity contribution in [3.8, 4) is 0 Å². The molecule has 0 saturated heterocycles. The molecule has 0 aliphatic heterocycles. The van der Waals surface area contributed by atoms with Gasteiger partial charge in [0.25, 0.3) is 16.0 Å². The molecular weight excluding hydrogens is 366 g/mol. The second-order valence-corrected chi connectivity index (χ2v) is 8.74. The van der Waals surface area contributed by atoms with Gasteiger partial charge in [-0.25, -0.2) is 26.7 Å². The predicted molar refractivity (Wildman–Crippen MR) is 92.9 cm³/mol. The van der Waals surface area contributed by atoms with Crippen molar-refractivity contribution in [2.45, 2.75) is 16.6 Å². The molecule has 1 unspecified atom stereocenters. The van der Waals surface area contributed by atoms with Gasteiger partial charge in [-0.2, -0.15) is 4.98 Å². The fourth-order valence-electron chi connectivity index (χ4n) is 2.13. The summed E-state index contributed by atoms with van der Waals surface area (Å²) in [5.74, 6) is -0.436. The molecule has 0 fully saturated rings. The Hall–Kier alpha value is -2.66. The van der Waals surface area contributed by atoms with Crippen molar-refractivity contribution >= 4 is 31.9 Å². The average molecular weight is 381 g/mol. The van der Waals surface area contributed by atoms with Crippen LogP contribution in [0.15, 0.2) is 59.5 Å². The molecule has 3 N–H and O–H groups in total. The molecule has 0 saturated carbocycles. The van der Waals surface area contributed by atoms with Crippen molar-refractivity contribution in [2.24, 2.45) is 0 Å². The summed E-state index contributed by atoms with van der Waals surface area (Å²) in [6.07, 6.45) is 7.04. The SMILES string of the molecule is O=S(=O)(Nc1n[nH]c(NS(=O)(=O)C2C=CC=CC2)n1)c1ccccc1. The lowest BCUT2D eigenvalue weighted by Gasteiger charge is -2.13. The van der Waals surface area contributed by atoms with E-state index in [1.54, 1.807) is 42.5 Å². The normalized spacial score (nSPS) is 17.4. The molecule has 1 heterocycles. The first-order chi connectivity index (χ1) is 11.9. The van der Waals surface area contributed by atoms with Gasteiger partial charge in [0.1, 0.15) is 5.25 Å². The molecule has 1 atom stereocenters. The maximum absolute atomic E-state index is 12.2. The number of nitrogens with zero attached hydrogens (tertiary/aromatic N) is 2. The van der Waals surface area contributed by atoms with E-state index in [4.69, 9.17) is 0 Å². The Morgan fingerprint density at radius 3 is 2.48 bits per heavy atom. The number of sulfonamides is 2. The molecule has 0 radical (unpaired) electrons. The number of hydrogen-bond acceptors (Lipinski definition) is 6. The van der Waals surface area contributed by atoms with Gasteiger partial charge in [0.2, 0.25) is 16.0 Å². The van der Waals surface area contributed by atoms with Crippen LogP contribution in [0, 0.1) is 0 Å². The zero-order valence-corrected chi connectivity index (χ0v) is 14.5. The summed E-state index contributed by atoms with van der Waals surface area (Å²) in [5, 5.41) is 5.30. The van der Waals surface area contributed by atoms with E-state index in [0.717, 1.165) is 0 Å². The lowest BCUT2D eigenvalue weighted by Crippen LogP contribution is -2.27. The van der Waals surface area contributed by atoms with E-state index in [9.17, 15) is 16.8 Å². The number of aromatic nitrogens is 3. The van der Waals surface area contributed by atoms with E-state index < -0.39 is 25.3 Å². The monoisotopic (exact) mass is 381 g/mol. The predicted octanol–water partition coefficient (Wildman–Crippen LogP) is 1.23. The van der Waals surface area contributed by atoms with Gasteiger partial charge in [-0.15, -0.1) is 5.10 Å². The van der Waals surface area contributed by atoms with Crippen molar-refractivity contribution in [3.63, 3.8) is 0 Å². The molecule has 1 aromatic carbocycles. The lowest BCUT2D eigenvalue weighted by atomic mass is 10.2. The van der Waals surface area contributed by atoms with Gasteiger partial charge < -0.3 is 0 Å². The van der Waals surface area contributed by atoms with Gasteiger partial charge in [-0.05, 0) is 18.6 Å². The fourth-order valence-corrected chi connectivity index (χ4v) is 4.27. The van der Waals surface area contributed by atoms with Crippen LogP contribution in [0.4, 0.5) is 11.9 Å². The summed E-state index contributed by atoms with van der Waals surface area (Å²) in [6.45, 7) is 0. The molecule has 2 aromatic rings. The molecule has 132 valence electrons. The van der Waals surface area contributed by atoms with Gasteiger partial charge in [0.05, 0.1) is 4.90 Å². The minimum atomic E-state index is -3.86. The molecule has 0 bridgehead atoms. The Kier molecular flexibility index (Phi) is 4.59. The van der Waals surface area contributed by atoms with E-state index in [1.165, 1.54) is 12.1 Å². The van der Waals surface area contributed by atoms with Crippen molar-refractivity contribution in [1.82, 2.24) is 15.2 Å². The molecule has 0 spiro atoms. The Labute approximate surface area is 145 Å². The Morgan fingerprint density at radius 2 is 1.80 bits per heavy atom. The quantitative estimate of drug-likeness (QED) is 0.689. The largest absolute Gasteiger partial charge is 0.264 e. The molecule has 1 aliphatic carbocycles. The van der Waals surface area contributed by atoms with E-state index in [2.05, 4.69) is 24.6 Å². The standard InChI is InChI=1S/C14H15N5O4S2/c20-24(21,11-7-3-1-4-8-11)18-13-15-14(17-16-13)19-25(22,23)12-9-5-2-6-10-12/h1-9,12H,10H2,(H3,15,16,17,18,19). The maximum Gasteiger partial charge on any atom is 0.264 e. The summed E-state index contributed by atoms with van der Waals surface area (Å²) >= 11 is 0. The third-order valence-corrected chi connectivity index (χ3v) is 6.31. The maximum atomic E-state index is 12.2. The van der Waals surface area contributed by atoms with Crippen LogP contribution in [0.3, 0.4) is 0 Å². The third-order valence-electron chi connectivity index (χ3n) is 3.34. The number of H-pyrrole nitrogens is 1. The van der Waals surface area contributed by atoms with Crippen LogP contribution in [0.2, 0.25) is 0 Å². The summed E-state index contributed by atoms with van der Waals surface area (Å²) in [7, 11) is -7.57. The Morgan fingerprint density at radius 1 is 1.04 bits per heavy atom. The molecule has 9 nitrogen and oxygen atoms in total. The first kappa shape index (κ1) is 17.2. The minimum Gasteiger partial charge on any atom is -0.251 e. The number of benzene rings is 1. The van der Waals surface area contributed by atoms with Crippen LogP contribution in [-0.4, -0.2) is 37.3 Å². The zero-order valence-electron chi connectivity index (χ0n) is 12.8. The van der Waals surface area contributed by atoms with E-state index in [-0.39, 0.29) is 16.8 Å². The molecule has 3 rings (SSSR count). The fraction of sp³-hybridized carbons (Fsp3) is 0.143. The van der Waals surface area contributed by atoms with Crippen LogP contribution in [0.1, 0.15) is 6.42 Å². The molecular formula is C14H15N5O4S2. The number of anilines is 2. The van der Waals surface area contributed by atoms with Crippen LogP contribution >= 0.6 is 0 Å². The third kappa shape index (κ3) is 4.06. The summed E-state index contributed by atoms with van der Waals surface area (Å²) in [6, 6.07) is 7.69. The summed E-state index contributed by atoms with van der Waals surface area (Å²) in [4.78, 5) is 3.85. The van der Waals surface area contributed by atoms with Crippen LogP contribution in [0.5, 0.6) is 0 Å². The number of hydrogen-bond donors (Lipinski definition) is 3. The van der Waals surface area contributed by atoms with E-state index in [0.29, 0.717) is 6.42 Å².